The maximum absolute atomic E-state index is 11.1. The topological polar surface area (TPSA) is 107 Å². The molecule has 6 atom stereocenters. The average molecular weight is 525 g/mol. The van der Waals surface area contributed by atoms with Crippen molar-refractivity contribution in [1.29, 1.82) is 0 Å². The Kier molecular flexibility index (Phi) is 8.03. The Bertz CT molecular complexity index is 1100. The minimum atomic E-state index is -4.78. The van der Waals surface area contributed by atoms with Crippen LogP contribution in [0, 0.1) is 23.2 Å². The van der Waals surface area contributed by atoms with Gasteiger partial charge in [-0.3, -0.25) is 4.18 Å². The van der Waals surface area contributed by atoms with Crippen LogP contribution < -0.4 is 29.6 Å². The molecule has 0 aromatic carbocycles. The molecule has 3 rings (SSSR count). The molecule has 0 aromatic heterocycles. The third-order valence-corrected chi connectivity index (χ3v) is 9.03. The molecule has 0 spiro atoms. The Labute approximate surface area is 243 Å². The molecule has 0 aromatic rings. The standard InChI is InChI=1S/C27H44O6S.Na/c1-18-8-12-22(33-34(30,31)32)17-21(18)11-10-20-7-6-16-27(5)23(13-14-24(20)27)19(2)9-15-25(28)26(3,4)29;/h10-11,19,22-25,28-29H,1,6-9,12-17H2,2-5H3,(H,30,31,32);/q;+1/p-1/b20-10+,21-11-;/t19-,22+,23-,24+,25-,27-;/m1./s1/i3D3,4D3;. The van der Waals surface area contributed by atoms with Gasteiger partial charge < -0.3 is 14.8 Å². The van der Waals surface area contributed by atoms with Crippen molar-refractivity contribution in [2.45, 2.75) is 110 Å². The van der Waals surface area contributed by atoms with E-state index in [0.717, 1.165) is 43.3 Å². The molecule has 0 saturated heterocycles. The van der Waals surface area contributed by atoms with E-state index in [4.69, 9.17) is 12.4 Å². The van der Waals surface area contributed by atoms with E-state index in [1.54, 1.807) is 0 Å². The van der Waals surface area contributed by atoms with Crippen molar-refractivity contribution in [3.63, 3.8) is 0 Å². The van der Waals surface area contributed by atoms with Gasteiger partial charge in [0.25, 0.3) is 0 Å². The summed E-state index contributed by atoms with van der Waals surface area (Å²) >= 11 is 0. The summed E-state index contributed by atoms with van der Waals surface area (Å²) in [5.41, 5.74) is -0.122. The van der Waals surface area contributed by atoms with Crippen LogP contribution in [-0.2, 0) is 14.6 Å². The molecular formula is C27H43NaO6S. The van der Waals surface area contributed by atoms with Crippen molar-refractivity contribution in [1.82, 2.24) is 0 Å². The first-order valence-corrected chi connectivity index (χ1v) is 13.7. The first kappa shape index (κ1) is 22.9. The van der Waals surface area contributed by atoms with E-state index in [9.17, 15) is 23.2 Å². The third-order valence-electron chi connectivity index (χ3n) is 8.52. The molecule has 6 nitrogen and oxygen atoms in total. The Morgan fingerprint density at radius 3 is 2.66 bits per heavy atom. The van der Waals surface area contributed by atoms with Crippen LogP contribution in [0.1, 0.15) is 100.0 Å². The van der Waals surface area contributed by atoms with Crippen LogP contribution in [-0.4, -0.2) is 41.0 Å². The van der Waals surface area contributed by atoms with Gasteiger partial charge in [0, 0.05) is 14.6 Å². The molecule has 0 radical (unpaired) electrons. The molecule has 0 heterocycles. The fraction of sp³-hybridized carbons (Fsp3) is 0.778. The molecule has 35 heavy (non-hydrogen) atoms. The summed E-state index contributed by atoms with van der Waals surface area (Å²) in [4.78, 5) is 0. The van der Waals surface area contributed by atoms with Gasteiger partial charge in [-0.05, 0) is 100 Å². The minimum absolute atomic E-state index is 0. The summed E-state index contributed by atoms with van der Waals surface area (Å²) in [5.74, 6) is 0.673. The zero-order chi connectivity index (χ0) is 30.3. The van der Waals surface area contributed by atoms with Crippen molar-refractivity contribution >= 4 is 10.4 Å². The van der Waals surface area contributed by atoms with Crippen LogP contribution in [0.25, 0.3) is 0 Å². The zero-order valence-electron chi connectivity index (χ0n) is 27.3. The van der Waals surface area contributed by atoms with Crippen molar-refractivity contribution in [2.24, 2.45) is 23.2 Å². The van der Waals surface area contributed by atoms with E-state index in [1.165, 1.54) is 5.57 Å². The van der Waals surface area contributed by atoms with E-state index < -0.39 is 41.9 Å². The van der Waals surface area contributed by atoms with Gasteiger partial charge in [-0.1, -0.05) is 43.7 Å². The molecule has 3 fully saturated rings. The SMILES string of the molecule is [2H]C([2H])([2H])C(O)([C@H](O)CC[C@@H](C)[C@H]1CC[C@H]2/C(=C/C=C3/C[C@@H](OS(=O)(=O)[O-])CCC3=C)CCC[C@]12C)C([2H])([2H])[2H].[Na+]. The van der Waals surface area contributed by atoms with Gasteiger partial charge in [0.1, 0.15) is 0 Å². The molecule has 3 saturated carbocycles. The smallest absolute Gasteiger partial charge is 0.726 e. The molecular weight excluding hydrogens is 475 g/mol. The summed E-state index contributed by atoms with van der Waals surface area (Å²) in [7, 11) is -4.78. The molecule has 0 unspecified atom stereocenters. The van der Waals surface area contributed by atoms with Crippen LogP contribution in [0.4, 0.5) is 0 Å². The summed E-state index contributed by atoms with van der Waals surface area (Å²) < 4.78 is 83.3. The summed E-state index contributed by atoms with van der Waals surface area (Å²) in [6.45, 7) is 1.89. The number of allylic oxidation sites excluding steroid dienone is 4. The first-order chi connectivity index (χ1) is 18.2. The van der Waals surface area contributed by atoms with Gasteiger partial charge in [-0.15, -0.1) is 0 Å². The molecule has 0 amide bonds. The van der Waals surface area contributed by atoms with Crippen LogP contribution >= 0.6 is 0 Å². The number of aliphatic hydroxyl groups excluding tert-OH is 1. The molecule has 0 aliphatic heterocycles. The minimum Gasteiger partial charge on any atom is -0.726 e. The molecule has 2 N–H and O–H groups in total. The average Bonchev–Trinajstić information content (AvgIpc) is 3.17. The predicted octanol–water partition coefficient (Wildman–Crippen LogP) is 2.19. The quantitative estimate of drug-likeness (QED) is 0.286. The van der Waals surface area contributed by atoms with Crippen molar-refractivity contribution in [3.05, 3.63) is 35.5 Å². The van der Waals surface area contributed by atoms with Crippen LogP contribution in [0.15, 0.2) is 35.5 Å². The maximum atomic E-state index is 11.1. The predicted molar refractivity (Wildman–Crippen MR) is 133 cm³/mol. The second-order valence-electron chi connectivity index (χ2n) is 10.8. The Morgan fingerprint density at radius 1 is 1.29 bits per heavy atom. The fourth-order valence-corrected chi connectivity index (χ4v) is 7.17. The number of aliphatic hydroxyl groups is 2. The summed E-state index contributed by atoms with van der Waals surface area (Å²) in [6, 6.07) is 0. The largest absolute Gasteiger partial charge is 1.00 e. The fourth-order valence-electron chi connectivity index (χ4n) is 6.67. The van der Waals surface area contributed by atoms with Crippen LogP contribution in [0.5, 0.6) is 0 Å². The molecule has 0 bridgehead atoms. The van der Waals surface area contributed by atoms with Crippen molar-refractivity contribution in [3.8, 4) is 0 Å². The van der Waals surface area contributed by atoms with E-state index in [2.05, 4.69) is 19.6 Å². The second-order valence-corrected chi connectivity index (χ2v) is 11.8. The van der Waals surface area contributed by atoms with Crippen molar-refractivity contribution < 1.29 is 65.1 Å². The van der Waals surface area contributed by atoms with Gasteiger partial charge in [-0.25, -0.2) is 8.42 Å². The van der Waals surface area contributed by atoms with Gasteiger partial charge in [0.2, 0.25) is 10.4 Å². The summed E-state index contributed by atoms with van der Waals surface area (Å²) in [5, 5.41) is 21.2. The Morgan fingerprint density at radius 2 is 2.00 bits per heavy atom. The Hall–Kier alpha value is 0.01000. The normalized spacial score (nSPS) is 37.2. The van der Waals surface area contributed by atoms with Gasteiger partial charge in [-0.2, -0.15) is 0 Å². The number of hydrogen-bond acceptors (Lipinski definition) is 6. The van der Waals surface area contributed by atoms with Gasteiger partial charge >= 0.3 is 29.6 Å². The van der Waals surface area contributed by atoms with Crippen LogP contribution in [0.3, 0.4) is 0 Å². The molecule has 8 heteroatoms. The van der Waals surface area contributed by atoms with Crippen LogP contribution in [0.2, 0.25) is 0 Å². The number of hydrogen-bond donors (Lipinski definition) is 2. The number of rotatable bonds is 8. The zero-order valence-corrected chi connectivity index (χ0v) is 24.1. The summed E-state index contributed by atoms with van der Waals surface area (Å²) in [6.07, 6.45) is 7.90. The van der Waals surface area contributed by atoms with E-state index >= 15 is 0 Å². The first-order valence-electron chi connectivity index (χ1n) is 15.3. The van der Waals surface area contributed by atoms with E-state index in [-0.39, 0.29) is 53.2 Å². The molecule has 3 aliphatic rings. The van der Waals surface area contributed by atoms with E-state index in [1.807, 2.05) is 13.0 Å². The number of fused-ring (bicyclic) bond motifs is 1. The Balaban J connectivity index is 0.00000588. The van der Waals surface area contributed by atoms with Gasteiger partial charge in [0.05, 0.1) is 17.8 Å². The molecule has 194 valence electrons. The van der Waals surface area contributed by atoms with E-state index in [0.29, 0.717) is 31.6 Å². The molecule has 3 aliphatic carbocycles. The van der Waals surface area contributed by atoms with Gasteiger partial charge in [0.15, 0.2) is 0 Å². The second kappa shape index (κ2) is 12.2. The van der Waals surface area contributed by atoms with Crippen molar-refractivity contribution in [2.75, 3.05) is 0 Å². The monoisotopic (exact) mass is 524 g/mol. The maximum Gasteiger partial charge on any atom is 1.00 e. The third kappa shape index (κ3) is 8.00.